The standard InChI is InChI=1S/C6H4N2O2S2/c7-1-4(2-8)6(11)12-3-5(9)10/h11H,3H2,(H,9,10). The highest BCUT2D eigenvalue weighted by molar-refractivity contribution is 8.15. The van der Waals surface area contributed by atoms with Crippen molar-refractivity contribution in [2.75, 3.05) is 5.75 Å². The molecule has 0 rings (SSSR count). The molecule has 0 aliphatic heterocycles. The number of hydrogen-bond acceptors (Lipinski definition) is 5. The van der Waals surface area contributed by atoms with Gasteiger partial charge in [0, 0.05) is 0 Å². The van der Waals surface area contributed by atoms with Gasteiger partial charge in [0.15, 0.2) is 0 Å². The predicted octanol–water partition coefficient (Wildman–Crippen LogP) is 0.993. The number of thioether (sulfide) groups is 1. The number of carboxylic acids is 1. The molecule has 0 bridgehead atoms. The Hall–Kier alpha value is -1.11. The lowest BCUT2D eigenvalue weighted by Crippen LogP contribution is -1.97. The summed E-state index contributed by atoms with van der Waals surface area (Å²) in [5, 5.41) is 24.9. The lowest BCUT2D eigenvalue weighted by Gasteiger charge is -1.94. The van der Waals surface area contributed by atoms with Gasteiger partial charge in [0.05, 0.1) is 9.99 Å². The Morgan fingerprint density at radius 3 is 2.33 bits per heavy atom. The van der Waals surface area contributed by atoms with Crippen LogP contribution in [0.4, 0.5) is 0 Å². The molecule has 0 spiro atoms. The SMILES string of the molecule is N#CC(C#N)=C(S)SCC(=O)O. The van der Waals surface area contributed by atoms with Crippen molar-refractivity contribution in [2.24, 2.45) is 0 Å². The first-order chi connectivity index (χ1) is 5.61. The quantitative estimate of drug-likeness (QED) is 0.524. The zero-order chi connectivity index (χ0) is 9.56. The fraction of sp³-hybridized carbons (Fsp3) is 0.167. The maximum absolute atomic E-state index is 10.1. The van der Waals surface area contributed by atoms with Gasteiger partial charge in [-0.3, -0.25) is 4.79 Å². The van der Waals surface area contributed by atoms with Crippen LogP contribution in [0.15, 0.2) is 9.81 Å². The molecule has 4 nitrogen and oxygen atoms in total. The highest BCUT2D eigenvalue weighted by Crippen LogP contribution is 2.22. The largest absolute Gasteiger partial charge is 0.481 e. The number of thiol groups is 1. The van der Waals surface area contributed by atoms with Crippen molar-refractivity contribution >= 4 is 30.4 Å². The summed E-state index contributed by atoms with van der Waals surface area (Å²) in [7, 11) is 0. The van der Waals surface area contributed by atoms with E-state index >= 15 is 0 Å². The molecule has 6 heteroatoms. The third-order valence-corrected chi connectivity index (χ3v) is 2.25. The third-order valence-electron chi connectivity index (χ3n) is 0.770. The second-order valence-corrected chi connectivity index (χ2v) is 3.32. The summed E-state index contributed by atoms with van der Waals surface area (Å²) in [6.45, 7) is 0. The van der Waals surface area contributed by atoms with E-state index in [1.165, 1.54) is 0 Å². The normalized spacial score (nSPS) is 7.92. The van der Waals surface area contributed by atoms with Gasteiger partial charge in [-0.1, -0.05) is 0 Å². The van der Waals surface area contributed by atoms with E-state index in [1.54, 1.807) is 12.1 Å². The van der Waals surface area contributed by atoms with E-state index in [2.05, 4.69) is 12.6 Å². The monoisotopic (exact) mass is 200 g/mol. The van der Waals surface area contributed by atoms with Crippen molar-refractivity contribution in [1.82, 2.24) is 0 Å². The van der Waals surface area contributed by atoms with Crippen LogP contribution in [0, 0.1) is 22.7 Å². The van der Waals surface area contributed by atoms with Crippen molar-refractivity contribution in [2.45, 2.75) is 0 Å². The van der Waals surface area contributed by atoms with E-state index in [-0.39, 0.29) is 15.6 Å². The van der Waals surface area contributed by atoms with Crippen molar-refractivity contribution in [3.63, 3.8) is 0 Å². The Labute approximate surface area is 78.9 Å². The van der Waals surface area contributed by atoms with Crippen LogP contribution in [0.2, 0.25) is 0 Å². The Bertz CT molecular complexity index is 282. The lowest BCUT2D eigenvalue weighted by molar-refractivity contribution is -0.133. The van der Waals surface area contributed by atoms with Crippen LogP contribution in [-0.4, -0.2) is 16.8 Å². The molecular weight excluding hydrogens is 196 g/mol. The highest BCUT2D eigenvalue weighted by Gasteiger charge is 2.04. The molecule has 12 heavy (non-hydrogen) atoms. The molecule has 62 valence electrons. The van der Waals surface area contributed by atoms with Crippen LogP contribution in [0.5, 0.6) is 0 Å². The molecule has 0 aromatic heterocycles. The number of allylic oxidation sites excluding steroid dienone is 1. The van der Waals surface area contributed by atoms with Gasteiger partial charge >= 0.3 is 5.97 Å². The molecule has 0 fully saturated rings. The molecule has 0 aromatic carbocycles. The Morgan fingerprint density at radius 1 is 1.50 bits per heavy atom. The molecule has 0 atom stereocenters. The number of nitrogens with zero attached hydrogens (tertiary/aromatic N) is 2. The average Bonchev–Trinajstić information content (AvgIpc) is 2.03. The first-order valence-electron chi connectivity index (χ1n) is 2.69. The van der Waals surface area contributed by atoms with E-state index in [0.29, 0.717) is 0 Å². The second kappa shape index (κ2) is 5.53. The van der Waals surface area contributed by atoms with Gasteiger partial charge in [-0.25, -0.2) is 0 Å². The fourth-order valence-corrected chi connectivity index (χ4v) is 1.11. The van der Waals surface area contributed by atoms with E-state index in [9.17, 15) is 4.79 Å². The number of aliphatic carboxylic acids is 1. The van der Waals surface area contributed by atoms with Crippen LogP contribution >= 0.6 is 24.4 Å². The van der Waals surface area contributed by atoms with Gasteiger partial charge in [0.25, 0.3) is 0 Å². The molecule has 0 heterocycles. The topological polar surface area (TPSA) is 84.9 Å². The second-order valence-electron chi connectivity index (χ2n) is 1.59. The predicted molar refractivity (Wildman–Crippen MR) is 47.3 cm³/mol. The third kappa shape index (κ3) is 3.91. The van der Waals surface area contributed by atoms with Crippen molar-refractivity contribution in [3.8, 4) is 12.1 Å². The number of rotatable bonds is 3. The summed E-state index contributed by atoms with van der Waals surface area (Å²) in [6.07, 6.45) is 0. The molecule has 0 saturated carbocycles. The van der Waals surface area contributed by atoms with Crippen molar-refractivity contribution in [1.29, 1.82) is 10.5 Å². The summed E-state index contributed by atoms with van der Waals surface area (Å²) in [5.74, 6) is -1.21. The Kier molecular flexibility index (Phi) is 5.02. The molecule has 0 aromatic rings. The van der Waals surface area contributed by atoms with Crippen LogP contribution < -0.4 is 0 Å². The average molecular weight is 200 g/mol. The van der Waals surface area contributed by atoms with Gasteiger partial charge < -0.3 is 5.11 Å². The molecule has 1 N–H and O–H groups in total. The minimum atomic E-state index is -1.01. The summed E-state index contributed by atoms with van der Waals surface area (Å²) in [4.78, 5) is 10.1. The molecule has 0 unspecified atom stereocenters. The van der Waals surface area contributed by atoms with Crippen LogP contribution in [0.25, 0.3) is 0 Å². The first-order valence-corrected chi connectivity index (χ1v) is 4.13. The lowest BCUT2D eigenvalue weighted by atomic mass is 10.4. The Balaban J connectivity index is 4.30. The number of carbonyl (C=O) groups is 1. The summed E-state index contributed by atoms with van der Waals surface area (Å²) in [5.41, 5.74) is -0.162. The van der Waals surface area contributed by atoms with Gasteiger partial charge in [0.2, 0.25) is 0 Å². The van der Waals surface area contributed by atoms with Gasteiger partial charge in [-0.05, 0) is 0 Å². The molecule has 0 saturated heterocycles. The molecular formula is C6H4N2O2S2. The number of nitriles is 2. The minimum Gasteiger partial charge on any atom is -0.481 e. The van der Waals surface area contributed by atoms with Crippen molar-refractivity contribution in [3.05, 3.63) is 9.81 Å². The zero-order valence-electron chi connectivity index (χ0n) is 5.81. The molecule has 0 radical (unpaired) electrons. The summed E-state index contributed by atoms with van der Waals surface area (Å²) in [6, 6.07) is 3.21. The van der Waals surface area contributed by atoms with E-state index in [0.717, 1.165) is 11.8 Å². The highest BCUT2D eigenvalue weighted by atomic mass is 32.2. The Morgan fingerprint density at radius 2 is 2.00 bits per heavy atom. The zero-order valence-corrected chi connectivity index (χ0v) is 7.52. The molecule has 0 aliphatic carbocycles. The molecule has 0 amide bonds. The number of hydrogen-bond donors (Lipinski definition) is 2. The van der Waals surface area contributed by atoms with Crippen LogP contribution in [0.3, 0.4) is 0 Å². The van der Waals surface area contributed by atoms with Crippen LogP contribution in [-0.2, 0) is 4.79 Å². The van der Waals surface area contributed by atoms with Gasteiger partial charge in [-0.15, -0.1) is 24.4 Å². The molecule has 0 aliphatic rings. The summed E-state index contributed by atoms with van der Waals surface area (Å²) < 4.78 is 0.141. The van der Waals surface area contributed by atoms with E-state index < -0.39 is 5.97 Å². The van der Waals surface area contributed by atoms with E-state index in [4.69, 9.17) is 15.6 Å². The van der Waals surface area contributed by atoms with E-state index in [1.807, 2.05) is 0 Å². The first kappa shape index (κ1) is 10.9. The van der Waals surface area contributed by atoms with Gasteiger partial charge in [-0.2, -0.15) is 10.5 Å². The minimum absolute atomic E-state index is 0.141. The maximum atomic E-state index is 10.1. The fourth-order valence-electron chi connectivity index (χ4n) is 0.323. The van der Waals surface area contributed by atoms with Crippen LogP contribution in [0.1, 0.15) is 0 Å². The maximum Gasteiger partial charge on any atom is 0.313 e. The number of carboxylic acid groups (broad SMARTS) is 1. The van der Waals surface area contributed by atoms with Gasteiger partial charge in [0.1, 0.15) is 17.7 Å². The summed E-state index contributed by atoms with van der Waals surface area (Å²) >= 11 is 4.64. The smallest absolute Gasteiger partial charge is 0.313 e. The van der Waals surface area contributed by atoms with Crippen molar-refractivity contribution < 1.29 is 9.90 Å².